The van der Waals surface area contributed by atoms with Gasteiger partial charge in [-0.05, 0) is 55.8 Å². The van der Waals surface area contributed by atoms with E-state index < -0.39 is 0 Å². The Bertz CT molecular complexity index is 1890. The molecule has 0 saturated heterocycles. The Labute approximate surface area is 257 Å². The SMILES string of the molecule is Cc1ccc(-c2nc(SCc3ccccn3)n[nH]2)c(C)c1.c1ccc(CSc2n[nH]c(-c3cc4ccccc4o3)n2)nc1. The standard InChI is InChI=1S/C16H12N4OS.C16H16N4S/c1-2-7-13-11(5-1)9-14(21-13)15-18-16(20-19-15)22-10-12-6-3-4-8-17-12;1-11-6-7-14(12(2)9-11)15-18-16(20-19-15)21-10-13-5-3-4-8-17-13/h1-9H,10H2,(H,18,19,20);3-9H,10H2,1-2H3,(H,18,19,20). The number of thioether (sulfide) groups is 2. The summed E-state index contributed by atoms with van der Waals surface area (Å²) in [6.07, 6.45) is 3.59. The summed E-state index contributed by atoms with van der Waals surface area (Å²) in [6.45, 7) is 4.18. The number of hydrogen-bond acceptors (Lipinski definition) is 9. The van der Waals surface area contributed by atoms with Gasteiger partial charge in [-0.3, -0.25) is 20.2 Å². The van der Waals surface area contributed by atoms with Crippen LogP contribution in [-0.4, -0.2) is 40.3 Å². The Balaban J connectivity index is 0.000000153. The predicted molar refractivity (Wildman–Crippen MR) is 170 cm³/mol. The van der Waals surface area contributed by atoms with Gasteiger partial charge in [-0.1, -0.05) is 77.6 Å². The fourth-order valence-electron chi connectivity index (χ4n) is 4.27. The number of benzene rings is 2. The van der Waals surface area contributed by atoms with Gasteiger partial charge in [0.2, 0.25) is 10.3 Å². The van der Waals surface area contributed by atoms with E-state index in [1.54, 1.807) is 24.2 Å². The van der Waals surface area contributed by atoms with E-state index in [2.05, 4.69) is 72.4 Å². The number of rotatable bonds is 8. The molecule has 11 heteroatoms. The van der Waals surface area contributed by atoms with Gasteiger partial charge in [0.25, 0.3) is 0 Å². The van der Waals surface area contributed by atoms with Gasteiger partial charge in [-0.15, -0.1) is 10.2 Å². The molecule has 7 aromatic rings. The first-order valence-electron chi connectivity index (χ1n) is 13.6. The number of hydrogen-bond donors (Lipinski definition) is 2. The molecule has 0 aliphatic carbocycles. The minimum absolute atomic E-state index is 0.639. The lowest BCUT2D eigenvalue weighted by Gasteiger charge is -2.02. The molecule has 0 bridgehead atoms. The number of pyridine rings is 2. The normalized spacial score (nSPS) is 10.9. The zero-order valence-corrected chi connectivity index (χ0v) is 25.2. The first-order chi connectivity index (χ1) is 21.1. The number of fused-ring (bicyclic) bond motifs is 1. The van der Waals surface area contributed by atoms with Crippen LogP contribution in [0.15, 0.2) is 112 Å². The van der Waals surface area contributed by atoms with Crippen molar-refractivity contribution in [2.45, 2.75) is 35.7 Å². The molecule has 214 valence electrons. The lowest BCUT2D eigenvalue weighted by atomic mass is 10.1. The highest BCUT2D eigenvalue weighted by Gasteiger charge is 2.12. The molecule has 9 nitrogen and oxygen atoms in total. The highest BCUT2D eigenvalue weighted by Crippen LogP contribution is 2.27. The molecule has 0 fully saturated rings. The molecular weight excluding hydrogens is 577 g/mol. The molecule has 0 atom stereocenters. The molecule has 2 aromatic carbocycles. The summed E-state index contributed by atoms with van der Waals surface area (Å²) in [5.74, 6) is 3.65. The highest BCUT2D eigenvalue weighted by molar-refractivity contribution is 7.98. The maximum Gasteiger partial charge on any atom is 0.209 e. The minimum Gasteiger partial charge on any atom is -0.453 e. The molecule has 0 saturated carbocycles. The molecule has 2 N–H and O–H groups in total. The smallest absolute Gasteiger partial charge is 0.209 e. The summed E-state index contributed by atoms with van der Waals surface area (Å²) in [5, 5.41) is 16.9. The van der Waals surface area contributed by atoms with Crippen LogP contribution >= 0.6 is 23.5 Å². The van der Waals surface area contributed by atoms with Crippen LogP contribution < -0.4 is 0 Å². The van der Waals surface area contributed by atoms with E-state index >= 15 is 0 Å². The first kappa shape index (κ1) is 28.4. The van der Waals surface area contributed by atoms with Crippen molar-refractivity contribution in [2.24, 2.45) is 0 Å². The number of para-hydroxylation sites is 1. The van der Waals surface area contributed by atoms with E-state index in [-0.39, 0.29) is 0 Å². The number of furan rings is 1. The molecule has 0 aliphatic heterocycles. The largest absolute Gasteiger partial charge is 0.453 e. The lowest BCUT2D eigenvalue weighted by Crippen LogP contribution is -1.87. The average Bonchev–Trinajstić information content (AvgIpc) is 3.80. The Kier molecular flexibility index (Phi) is 8.90. The average molecular weight is 605 g/mol. The van der Waals surface area contributed by atoms with Gasteiger partial charge < -0.3 is 4.42 Å². The van der Waals surface area contributed by atoms with E-state index in [1.165, 1.54) is 22.9 Å². The van der Waals surface area contributed by atoms with E-state index in [1.807, 2.05) is 66.7 Å². The minimum atomic E-state index is 0.639. The van der Waals surface area contributed by atoms with Crippen molar-refractivity contribution in [1.82, 2.24) is 40.3 Å². The summed E-state index contributed by atoms with van der Waals surface area (Å²) in [6, 6.07) is 27.9. The van der Waals surface area contributed by atoms with Gasteiger partial charge in [-0.25, -0.2) is 4.98 Å². The van der Waals surface area contributed by atoms with E-state index in [0.29, 0.717) is 16.7 Å². The van der Waals surface area contributed by atoms with Crippen LogP contribution in [0.5, 0.6) is 0 Å². The number of nitrogens with one attached hydrogen (secondary N) is 2. The van der Waals surface area contributed by atoms with Gasteiger partial charge >= 0.3 is 0 Å². The molecule has 0 aliphatic rings. The van der Waals surface area contributed by atoms with Crippen LogP contribution in [0.2, 0.25) is 0 Å². The zero-order valence-electron chi connectivity index (χ0n) is 23.6. The van der Waals surface area contributed by atoms with Crippen LogP contribution in [0.4, 0.5) is 0 Å². The van der Waals surface area contributed by atoms with Gasteiger partial charge in [0.05, 0.1) is 11.4 Å². The van der Waals surface area contributed by atoms with Crippen LogP contribution in [0.3, 0.4) is 0 Å². The van der Waals surface area contributed by atoms with Gasteiger partial charge in [0, 0.05) is 34.8 Å². The summed E-state index contributed by atoms with van der Waals surface area (Å²) in [4.78, 5) is 17.6. The van der Waals surface area contributed by atoms with Crippen molar-refractivity contribution in [1.29, 1.82) is 0 Å². The summed E-state index contributed by atoms with van der Waals surface area (Å²) in [7, 11) is 0. The molecular formula is C32H28N8OS2. The second-order valence-electron chi connectivity index (χ2n) is 9.62. The third-order valence-electron chi connectivity index (χ3n) is 6.38. The van der Waals surface area contributed by atoms with Crippen LogP contribution in [0.25, 0.3) is 33.9 Å². The zero-order chi connectivity index (χ0) is 29.4. The third-order valence-corrected chi connectivity index (χ3v) is 8.14. The third kappa shape index (κ3) is 7.37. The fourth-order valence-corrected chi connectivity index (χ4v) is 5.70. The van der Waals surface area contributed by atoms with Crippen LogP contribution in [0, 0.1) is 13.8 Å². The maximum absolute atomic E-state index is 5.77. The van der Waals surface area contributed by atoms with Crippen molar-refractivity contribution in [3.05, 3.63) is 120 Å². The number of aromatic nitrogens is 8. The Morgan fingerprint density at radius 1 is 0.674 bits per heavy atom. The summed E-state index contributed by atoms with van der Waals surface area (Å²) in [5.41, 5.74) is 6.42. The lowest BCUT2D eigenvalue weighted by molar-refractivity contribution is 0.625. The summed E-state index contributed by atoms with van der Waals surface area (Å²) < 4.78 is 5.77. The number of H-pyrrole nitrogens is 2. The summed E-state index contributed by atoms with van der Waals surface area (Å²) >= 11 is 3.12. The molecule has 0 amide bonds. The van der Waals surface area contributed by atoms with E-state index in [4.69, 9.17) is 4.42 Å². The number of aromatic amines is 2. The second-order valence-corrected chi connectivity index (χ2v) is 11.5. The Morgan fingerprint density at radius 3 is 1.93 bits per heavy atom. The highest BCUT2D eigenvalue weighted by atomic mass is 32.2. The van der Waals surface area contributed by atoms with Crippen molar-refractivity contribution in [3.8, 4) is 23.0 Å². The van der Waals surface area contributed by atoms with E-state index in [0.717, 1.165) is 50.4 Å². The monoisotopic (exact) mass is 604 g/mol. The molecule has 43 heavy (non-hydrogen) atoms. The fraction of sp³-hybridized carbons (Fsp3) is 0.125. The van der Waals surface area contributed by atoms with Crippen LogP contribution in [0.1, 0.15) is 22.5 Å². The Hall–Kier alpha value is -4.74. The van der Waals surface area contributed by atoms with Crippen molar-refractivity contribution in [2.75, 3.05) is 0 Å². The second kappa shape index (κ2) is 13.5. The number of nitrogens with zero attached hydrogens (tertiary/aromatic N) is 6. The molecule has 0 unspecified atom stereocenters. The maximum atomic E-state index is 5.77. The number of aryl methyl sites for hydroxylation is 2. The van der Waals surface area contributed by atoms with Gasteiger partial charge in [0.1, 0.15) is 5.58 Å². The van der Waals surface area contributed by atoms with Crippen molar-refractivity contribution >= 4 is 34.5 Å². The van der Waals surface area contributed by atoms with Crippen LogP contribution in [-0.2, 0) is 11.5 Å². The van der Waals surface area contributed by atoms with Gasteiger partial charge in [-0.2, -0.15) is 4.98 Å². The van der Waals surface area contributed by atoms with E-state index in [9.17, 15) is 0 Å². The molecule has 7 rings (SSSR count). The molecule has 0 radical (unpaired) electrons. The molecule has 0 spiro atoms. The quantitative estimate of drug-likeness (QED) is 0.168. The predicted octanol–water partition coefficient (Wildman–Crippen LogP) is 7.68. The topological polar surface area (TPSA) is 122 Å². The van der Waals surface area contributed by atoms with Crippen molar-refractivity contribution < 1.29 is 4.42 Å². The molecule has 5 aromatic heterocycles. The first-order valence-corrected chi connectivity index (χ1v) is 15.5. The Morgan fingerprint density at radius 2 is 1.30 bits per heavy atom. The molecule has 5 heterocycles. The van der Waals surface area contributed by atoms with Crippen molar-refractivity contribution in [3.63, 3.8) is 0 Å². The van der Waals surface area contributed by atoms with Gasteiger partial charge in [0.15, 0.2) is 17.4 Å².